The SMILES string of the molecule is CCOC(=O)c1ccc(N/C=C(/C#N)C(=O)NC2CCCC2)cc1. The highest BCUT2D eigenvalue weighted by Crippen LogP contribution is 2.18. The van der Waals surface area contributed by atoms with Gasteiger partial charge >= 0.3 is 5.97 Å². The molecule has 1 aliphatic carbocycles. The smallest absolute Gasteiger partial charge is 0.338 e. The van der Waals surface area contributed by atoms with E-state index in [0.29, 0.717) is 17.9 Å². The van der Waals surface area contributed by atoms with Crippen LogP contribution in [0.3, 0.4) is 0 Å². The number of rotatable bonds is 6. The van der Waals surface area contributed by atoms with E-state index in [9.17, 15) is 9.59 Å². The molecule has 126 valence electrons. The first-order valence-corrected chi connectivity index (χ1v) is 8.09. The fourth-order valence-corrected chi connectivity index (χ4v) is 2.55. The Labute approximate surface area is 141 Å². The lowest BCUT2D eigenvalue weighted by Gasteiger charge is -2.11. The summed E-state index contributed by atoms with van der Waals surface area (Å²) in [5.74, 6) is -0.742. The highest BCUT2D eigenvalue weighted by atomic mass is 16.5. The molecular formula is C18H21N3O3. The van der Waals surface area contributed by atoms with Crippen LogP contribution in [0, 0.1) is 11.3 Å². The number of hydrogen-bond acceptors (Lipinski definition) is 5. The van der Waals surface area contributed by atoms with E-state index in [1.165, 1.54) is 6.20 Å². The summed E-state index contributed by atoms with van der Waals surface area (Å²) in [6.07, 6.45) is 5.53. The number of benzene rings is 1. The Bertz CT molecular complexity index is 653. The van der Waals surface area contributed by atoms with E-state index in [1.807, 2.05) is 6.07 Å². The summed E-state index contributed by atoms with van der Waals surface area (Å²) in [7, 11) is 0. The summed E-state index contributed by atoms with van der Waals surface area (Å²) < 4.78 is 4.91. The van der Waals surface area contributed by atoms with E-state index >= 15 is 0 Å². The summed E-state index contributed by atoms with van der Waals surface area (Å²) in [5.41, 5.74) is 1.15. The average molecular weight is 327 g/mol. The van der Waals surface area contributed by atoms with Crippen molar-refractivity contribution in [2.75, 3.05) is 11.9 Å². The number of esters is 1. The van der Waals surface area contributed by atoms with Crippen molar-refractivity contribution in [3.8, 4) is 6.07 Å². The molecule has 6 nitrogen and oxygen atoms in total. The molecule has 1 saturated carbocycles. The summed E-state index contributed by atoms with van der Waals surface area (Å²) in [4.78, 5) is 23.6. The van der Waals surface area contributed by atoms with Crippen LogP contribution in [-0.4, -0.2) is 24.5 Å². The molecule has 2 N–H and O–H groups in total. The second kappa shape index (κ2) is 8.73. The van der Waals surface area contributed by atoms with Gasteiger partial charge < -0.3 is 15.4 Å². The third kappa shape index (κ3) is 4.85. The molecule has 0 aromatic heterocycles. The predicted molar refractivity (Wildman–Crippen MR) is 90.1 cm³/mol. The average Bonchev–Trinajstić information content (AvgIpc) is 3.09. The van der Waals surface area contributed by atoms with Gasteiger partial charge in [-0.3, -0.25) is 4.79 Å². The van der Waals surface area contributed by atoms with Gasteiger partial charge in [0.25, 0.3) is 5.91 Å². The van der Waals surface area contributed by atoms with Crippen LogP contribution >= 0.6 is 0 Å². The van der Waals surface area contributed by atoms with Crippen LogP contribution in [0.25, 0.3) is 0 Å². The lowest BCUT2D eigenvalue weighted by molar-refractivity contribution is -0.117. The van der Waals surface area contributed by atoms with Crippen molar-refractivity contribution < 1.29 is 14.3 Å². The molecule has 2 rings (SSSR count). The van der Waals surface area contributed by atoms with Gasteiger partial charge in [-0.05, 0) is 44.0 Å². The molecule has 24 heavy (non-hydrogen) atoms. The molecule has 0 saturated heterocycles. The van der Waals surface area contributed by atoms with Crippen LogP contribution in [0.5, 0.6) is 0 Å². The number of ether oxygens (including phenoxy) is 1. The van der Waals surface area contributed by atoms with Crippen molar-refractivity contribution in [2.45, 2.75) is 38.6 Å². The van der Waals surface area contributed by atoms with Gasteiger partial charge in [-0.25, -0.2) is 4.79 Å². The molecular weight excluding hydrogens is 306 g/mol. The molecule has 1 fully saturated rings. The topological polar surface area (TPSA) is 91.2 Å². The Kier molecular flexibility index (Phi) is 6.38. The zero-order valence-electron chi connectivity index (χ0n) is 13.7. The molecule has 1 aromatic rings. The second-order valence-electron chi connectivity index (χ2n) is 5.57. The fraction of sp³-hybridized carbons (Fsp3) is 0.389. The number of nitrogens with one attached hydrogen (secondary N) is 2. The van der Waals surface area contributed by atoms with Crippen molar-refractivity contribution >= 4 is 17.6 Å². The predicted octanol–water partition coefficient (Wildman–Crippen LogP) is 2.74. The maximum absolute atomic E-state index is 12.1. The van der Waals surface area contributed by atoms with Gasteiger partial charge in [0, 0.05) is 17.9 Å². The Balaban J connectivity index is 1.95. The number of nitriles is 1. The highest BCUT2D eigenvalue weighted by molar-refractivity contribution is 5.97. The third-order valence-corrected chi connectivity index (χ3v) is 3.83. The van der Waals surface area contributed by atoms with Crippen molar-refractivity contribution in [2.24, 2.45) is 0 Å². The van der Waals surface area contributed by atoms with Gasteiger partial charge in [0.2, 0.25) is 0 Å². The zero-order valence-corrected chi connectivity index (χ0v) is 13.7. The maximum atomic E-state index is 12.1. The summed E-state index contributed by atoms with van der Waals surface area (Å²) in [5, 5.41) is 14.9. The van der Waals surface area contributed by atoms with Crippen molar-refractivity contribution in [1.29, 1.82) is 5.26 Å². The normalized spacial score (nSPS) is 14.8. The zero-order chi connectivity index (χ0) is 17.4. The van der Waals surface area contributed by atoms with Crippen LogP contribution in [0.4, 0.5) is 5.69 Å². The van der Waals surface area contributed by atoms with Gasteiger partial charge in [0.1, 0.15) is 11.6 Å². The summed E-state index contributed by atoms with van der Waals surface area (Å²) >= 11 is 0. The molecule has 0 atom stereocenters. The second-order valence-corrected chi connectivity index (χ2v) is 5.57. The van der Waals surface area contributed by atoms with Crippen LogP contribution < -0.4 is 10.6 Å². The van der Waals surface area contributed by atoms with E-state index in [1.54, 1.807) is 31.2 Å². The Morgan fingerprint density at radius 2 is 1.96 bits per heavy atom. The van der Waals surface area contributed by atoms with Gasteiger partial charge in [-0.2, -0.15) is 5.26 Å². The van der Waals surface area contributed by atoms with Crippen molar-refractivity contribution in [3.05, 3.63) is 41.6 Å². The molecule has 0 bridgehead atoms. The minimum Gasteiger partial charge on any atom is -0.462 e. The highest BCUT2D eigenvalue weighted by Gasteiger charge is 2.19. The quantitative estimate of drug-likeness (QED) is 0.476. The minimum atomic E-state index is -0.381. The summed E-state index contributed by atoms with van der Waals surface area (Å²) in [6, 6.07) is 8.69. The molecule has 0 aliphatic heterocycles. The van der Waals surface area contributed by atoms with Crippen LogP contribution in [0.1, 0.15) is 43.0 Å². The first kappa shape index (κ1) is 17.5. The Morgan fingerprint density at radius 3 is 2.54 bits per heavy atom. The number of carbonyl (C=O) groups is 2. The van der Waals surface area contributed by atoms with E-state index in [2.05, 4.69) is 10.6 Å². The first-order valence-electron chi connectivity index (χ1n) is 8.09. The minimum absolute atomic E-state index is 0.0244. The van der Waals surface area contributed by atoms with E-state index in [0.717, 1.165) is 25.7 Å². The molecule has 0 unspecified atom stereocenters. The molecule has 6 heteroatoms. The van der Waals surface area contributed by atoms with Gasteiger partial charge in [-0.1, -0.05) is 12.8 Å². The van der Waals surface area contributed by atoms with E-state index < -0.39 is 0 Å². The van der Waals surface area contributed by atoms with Crippen molar-refractivity contribution in [3.63, 3.8) is 0 Å². The molecule has 1 aliphatic rings. The van der Waals surface area contributed by atoms with Crippen LogP contribution in [0.15, 0.2) is 36.0 Å². The number of nitrogens with zero attached hydrogens (tertiary/aromatic N) is 1. The number of amides is 1. The number of carbonyl (C=O) groups excluding carboxylic acids is 2. The van der Waals surface area contributed by atoms with Crippen LogP contribution in [0.2, 0.25) is 0 Å². The number of hydrogen-bond donors (Lipinski definition) is 2. The van der Waals surface area contributed by atoms with Gasteiger partial charge in [0.05, 0.1) is 12.2 Å². The molecule has 1 aromatic carbocycles. The number of anilines is 1. The van der Waals surface area contributed by atoms with Crippen molar-refractivity contribution in [1.82, 2.24) is 5.32 Å². The maximum Gasteiger partial charge on any atom is 0.338 e. The molecule has 0 spiro atoms. The summed E-state index contributed by atoms with van der Waals surface area (Å²) in [6.45, 7) is 2.07. The Hall–Kier alpha value is -2.81. The Morgan fingerprint density at radius 1 is 1.29 bits per heavy atom. The third-order valence-electron chi connectivity index (χ3n) is 3.83. The van der Waals surface area contributed by atoms with Gasteiger partial charge in [0.15, 0.2) is 0 Å². The van der Waals surface area contributed by atoms with E-state index in [-0.39, 0.29) is 23.5 Å². The molecule has 1 amide bonds. The molecule has 0 radical (unpaired) electrons. The largest absolute Gasteiger partial charge is 0.462 e. The first-order chi connectivity index (χ1) is 11.6. The standard InChI is InChI=1S/C18H21N3O3/c1-2-24-18(23)13-7-9-15(10-8-13)20-12-14(11-19)17(22)21-16-5-3-4-6-16/h7-10,12,16,20H,2-6H2,1H3,(H,21,22)/b14-12-. The monoisotopic (exact) mass is 327 g/mol. The van der Waals surface area contributed by atoms with Crippen LogP contribution in [-0.2, 0) is 9.53 Å². The lowest BCUT2D eigenvalue weighted by Crippen LogP contribution is -2.33. The van der Waals surface area contributed by atoms with E-state index in [4.69, 9.17) is 10.00 Å². The fourth-order valence-electron chi connectivity index (χ4n) is 2.55. The lowest BCUT2D eigenvalue weighted by atomic mass is 10.2. The molecule has 0 heterocycles. The van der Waals surface area contributed by atoms with Gasteiger partial charge in [-0.15, -0.1) is 0 Å².